The SMILES string of the molecule is Cc1cc(/C=N\NC(=O)c2ccc([N+](=O)[O-])cc2)c(C)n1-c1ccccc1C(=O)O. The van der Waals surface area contributed by atoms with Gasteiger partial charge in [0.2, 0.25) is 0 Å². The molecule has 0 spiro atoms. The van der Waals surface area contributed by atoms with Gasteiger partial charge in [-0.25, -0.2) is 10.2 Å². The highest BCUT2D eigenvalue weighted by Gasteiger charge is 2.16. The van der Waals surface area contributed by atoms with Gasteiger partial charge in [0.05, 0.1) is 22.4 Å². The first-order valence-electron chi connectivity index (χ1n) is 8.89. The molecule has 0 saturated carbocycles. The highest BCUT2D eigenvalue weighted by molar-refractivity contribution is 5.95. The van der Waals surface area contributed by atoms with Gasteiger partial charge in [0.25, 0.3) is 11.6 Å². The minimum absolute atomic E-state index is 0.107. The fraction of sp³-hybridized carbons (Fsp3) is 0.0952. The van der Waals surface area contributed by atoms with Crippen molar-refractivity contribution in [1.82, 2.24) is 9.99 Å². The number of amides is 1. The number of nitrogens with one attached hydrogen (secondary N) is 1. The number of aromatic carboxylic acids is 1. The molecule has 1 aromatic heterocycles. The molecule has 3 rings (SSSR count). The average Bonchev–Trinajstić information content (AvgIpc) is 3.01. The van der Waals surface area contributed by atoms with Gasteiger partial charge in [0.15, 0.2) is 0 Å². The Kier molecular flexibility index (Phi) is 5.73. The summed E-state index contributed by atoms with van der Waals surface area (Å²) in [5.74, 6) is -1.53. The van der Waals surface area contributed by atoms with E-state index in [4.69, 9.17) is 0 Å². The summed E-state index contributed by atoms with van der Waals surface area (Å²) >= 11 is 0. The molecule has 1 amide bonds. The lowest BCUT2D eigenvalue weighted by Gasteiger charge is -2.12. The minimum Gasteiger partial charge on any atom is -0.478 e. The van der Waals surface area contributed by atoms with E-state index in [0.717, 1.165) is 11.4 Å². The second kappa shape index (κ2) is 8.39. The van der Waals surface area contributed by atoms with Gasteiger partial charge in [-0.1, -0.05) is 12.1 Å². The van der Waals surface area contributed by atoms with Crippen molar-refractivity contribution in [3.8, 4) is 5.69 Å². The van der Waals surface area contributed by atoms with Crippen molar-refractivity contribution in [2.75, 3.05) is 0 Å². The Balaban J connectivity index is 1.81. The van der Waals surface area contributed by atoms with Gasteiger partial charge in [-0.3, -0.25) is 14.9 Å². The number of para-hydroxylation sites is 1. The number of hydrazone groups is 1. The topological polar surface area (TPSA) is 127 Å². The normalized spacial score (nSPS) is 10.9. The third kappa shape index (κ3) is 4.09. The highest BCUT2D eigenvalue weighted by atomic mass is 16.6. The molecule has 0 bridgehead atoms. The van der Waals surface area contributed by atoms with Gasteiger partial charge in [-0.05, 0) is 44.2 Å². The van der Waals surface area contributed by atoms with E-state index < -0.39 is 16.8 Å². The molecule has 2 aromatic carbocycles. The molecule has 0 radical (unpaired) electrons. The number of aromatic nitrogens is 1. The Morgan fingerprint density at radius 1 is 1.13 bits per heavy atom. The Hall–Kier alpha value is -4.27. The van der Waals surface area contributed by atoms with E-state index in [0.29, 0.717) is 11.3 Å². The monoisotopic (exact) mass is 406 g/mol. The quantitative estimate of drug-likeness (QED) is 0.368. The molecule has 152 valence electrons. The van der Waals surface area contributed by atoms with Gasteiger partial charge >= 0.3 is 5.97 Å². The van der Waals surface area contributed by atoms with E-state index in [2.05, 4.69) is 10.5 Å². The van der Waals surface area contributed by atoms with Crippen molar-refractivity contribution in [3.63, 3.8) is 0 Å². The van der Waals surface area contributed by atoms with E-state index in [-0.39, 0.29) is 16.8 Å². The summed E-state index contributed by atoms with van der Waals surface area (Å²) < 4.78 is 1.81. The molecule has 9 heteroatoms. The van der Waals surface area contributed by atoms with E-state index in [9.17, 15) is 24.8 Å². The van der Waals surface area contributed by atoms with Gasteiger partial charge in [-0.2, -0.15) is 5.10 Å². The number of carbonyl (C=O) groups is 2. The van der Waals surface area contributed by atoms with Gasteiger partial charge in [0, 0.05) is 34.6 Å². The van der Waals surface area contributed by atoms with Gasteiger partial charge in [0.1, 0.15) is 0 Å². The molecule has 1 heterocycles. The lowest BCUT2D eigenvalue weighted by Crippen LogP contribution is -2.17. The van der Waals surface area contributed by atoms with Crippen LogP contribution in [0.1, 0.15) is 37.7 Å². The Bertz CT molecular complexity index is 1160. The fourth-order valence-corrected chi connectivity index (χ4v) is 3.10. The van der Waals surface area contributed by atoms with Crippen molar-refractivity contribution in [1.29, 1.82) is 0 Å². The highest BCUT2D eigenvalue weighted by Crippen LogP contribution is 2.23. The number of hydrogen-bond donors (Lipinski definition) is 2. The van der Waals surface area contributed by atoms with E-state index >= 15 is 0 Å². The van der Waals surface area contributed by atoms with Crippen LogP contribution in [0.5, 0.6) is 0 Å². The van der Waals surface area contributed by atoms with E-state index in [1.807, 2.05) is 24.5 Å². The Labute approximate surface area is 171 Å². The van der Waals surface area contributed by atoms with Crippen LogP contribution in [0.2, 0.25) is 0 Å². The first kappa shape index (κ1) is 20.5. The number of nitro benzene ring substituents is 1. The van der Waals surface area contributed by atoms with Crippen LogP contribution in [0.3, 0.4) is 0 Å². The predicted octanol–water partition coefficient (Wildman–Crippen LogP) is 3.46. The lowest BCUT2D eigenvalue weighted by molar-refractivity contribution is -0.384. The van der Waals surface area contributed by atoms with Crippen LogP contribution >= 0.6 is 0 Å². The molecule has 0 aliphatic carbocycles. The average molecular weight is 406 g/mol. The number of non-ortho nitro benzene ring substituents is 1. The molecule has 0 fully saturated rings. The molecule has 30 heavy (non-hydrogen) atoms. The van der Waals surface area contributed by atoms with Crippen LogP contribution in [0, 0.1) is 24.0 Å². The predicted molar refractivity (Wildman–Crippen MR) is 110 cm³/mol. The summed E-state index contributed by atoms with van der Waals surface area (Å²) in [7, 11) is 0. The molecular weight excluding hydrogens is 388 g/mol. The molecule has 9 nitrogen and oxygen atoms in total. The van der Waals surface area contributed by atoms with Crippen molar-refractivity contribution < 1.29 is 19.6 Å². The van der Waals surface area contributed by atoms with E-state index in [1.54, 1.807) is 18.2 Å². The first-order valence-corrected chi connectivity index (χ1v) is 8.89. The number of carboxylic acid groups (broad SMARTS) is 1. The summed E-state index contributed by atoms with van der Waals surface area (Å²) in [6, 6.07) is 13.7. The summed E-state index contributed by atoms with van der Waals surface area (Å²) in [4.78, 5) is 33.8. The standard InChI is InChI=1S/C21H18N4O5/c1-13-11-16(14(2)24(13)19-6-4-3-5-18(19)21(27)28)12-22-23-20(26)15-7-9-17(10-8-15)25(29)30/h3-12H,1-2H3,(H,23,26)(H,27,28)/b22-12-. The molecule has 2 N–H and O–H groups in total. The maximum Gasteiger partial charge on any atom is 0.337 e. The second-order valence-corrected chi connectivity index (χ2v) is 6.49. The maximum absolute atomic E-state index is 12.1. The second-order valence-electron chi connectivity index (χ2n) is 6.49. The number of carbonyl (C=O) groups excluding carboxylic acids is 1. The summed E-state index contributed by atoms with van der Waals surface area (Å²) in [5.41, 5.74) is 5.49. The van der Waals surface area contributed by atoms with Crippen LogP contribution in [0.4, 0.5) is 5.69 Å². The van der Waals surface area contributed by atoms with Crippen molar-refractivity contribution in [2.45, 2.75) is 13.8 Å². The third-order valence-electron chi connectivity index (χ3n) is 4.56. The summed E-state index contributed by atoms with van der Waals surface area (Å²) in [6.07, 6.45) is 1.46. The van der Waals surface area contributed by atoms with Crippen LogP contribution in [-0.4, -0.2) is 32.7 Å². The first-order chi connectivity index (χ1) is 14.3. The zero-order valence-electron chi connectivity index (χ0n) is 16.2. The smallest absolute Gasteiger partial charge is 0.337 e. The van der Waals surface area contributed by atoms with Crippen molar-refractivity contribution in [2.24, 2.45) is 5.10 Å². The number of hydrogen-bond acceptors (Lipinski definition) is 5. The van der Waals surface area contributed by atoms with Crippen LogP contribution in [0.25, 0.3) is 5.69 Å². The molecule has 0 atom stereocenters. The molecule has 0 aliphatic rings. The number of nitro groups is 1. The number of benzene rings is 2. The number of nitrogens with zero attached hydrogens (tertiary/aromatic N) is 3. The molecule has 3 aromatic rings. The third-order valence-corrected chi connectivity index (χ3v) is 4.56. The molecule has 0 saturated heterocycles. The number of aryl methyl sites for hydroxylation is 1. The minimum atomic E-state index is -1.02. The van der Waals surface area contributed by atoms with Gasteiger partial charge < -0.3 is 9.67 Å². The maximum atomic E-state index is 12.1. The zero-order chi connectivity index (χ0) is 21.8. The van der Waals surface area contributed by atoms with Crippen molar-refractivity contribution in [3.05, 3.63) is 92.8 Å². The molecule has 0 unspecified atom stereocenters. The van der Waals surface area contributed by atoms with Crippen LogP contribution < -0.4 is 5.43 Å². The van der Waals surface area contributed by atoms with Crippen molar-refractivity contribution >= 4 is 23.8 Å². The zero-order valence-corrected chi connectivity index (χ0v) is 16.2. The van der Waals surface area contributed by atoms with Gasteiger partial charge in [-0.15, -0.1) is 0 Å². The van der Waals surface area contributed by atoms with Crippen LogP contribution in [0.15, 0.2) is 59.7 Å². The van der Waals surface area contributed by atoms with Crippen LogP contribution in [-0.2, 0) is 0 Å². The summed E-state index contributed by atoms with van der Waals surface area (Å²) in [5, 5.41) is 24.1. The Morgan fingerprint density at radius 3 is 2.43 bits per heavy atom. The molecule has 0 aliphatic heterocycles. The van der Waals surface area contributed by atoms with E-state index in [1.165, 1.54) is 36.5 Å². The number of rotatable bonds is 6. The number of carboxylic acids is 1. The summed E-state index contributed by atoms with van der Waals surface area (Å²) in [6.45, 7) is 3.67. The largest absolute Gasteiger partial charge is 0.478 e. The lowest BCUT2D eigenvalue weighted by atomic mass is 10.1. The Morgan fingerprint density at radius 2 is 1.80 bits per heavy atom. The fourth-order valence-electron chi connectivity index (χ4n) is 3.10. The molecular formula is C21H18N4O5.